The van der Waals surface area contributed by atoms with E-state index in [1.165, 1.54) is 18.2 Å². The number of anilines is 2. The molecule has 0 aliphatic rings. The zero-order valence-corrected chi connectivity index (χ0v) is 11.0. The number of amides is 1. The molecule has 0 saturated heterocycles. The van der Waals surface area contributed by atoms with Gasteiger partial charge in [0.05, 0.1) is 5.56 Å². The Morgan fingerprint density at radius 2 is 1.76 bits per heavy atom. The Bertz CT molecular complexity index is 711. The third-order valence-corrected chi connectivity index (χ3v) is 2.83. The molecule has 106 valence electrons. The second-order valence-electron chi connectivity index (χ2n) is 4.30. The minimum Gasteiger partial charge on any atom is -0.478 e. The van der Waals surface area contributed by atoms with Crippen LogP contribution in [-0.4, -0.2) is 22.7 Å². The number of carboxylic acid groups (broad SMARTS) is 1. The molecular weight excluding hydrogens is 270 g/mol. The summed E-state index contributed by atoms with van der Waals surface area (Å²) >= 11 is 0. The van der Waals surface area contributed by atoms with Gasteiger partial charge in [0.25, 0.3) is 5.91 Å². The monoisotopic (exact) mass is 283 g/mol. The van der Waals surface area contributed by atoms with Gasteiger partial charge in [0.15, 0.2) is 0 Å². The third kappa shape index (κ3) is 3.24. The van der Waals surface area contributed by atoms with Gasteiger partial charge in [0.1, 0.15) is 5.71 Å². The molecule has 2 rings (SSSR count). The third-order valence-electron chi connectivity index (χ3n) is 2.83. The zero-order valence-electron chi connectivity index (χ0n) is 11.0. The predicted molar refractivity (Wildman–Crippen MR) is 79.7 cm³/mol. The summed E-state index contributed by atoms with van der Waals surface area (Å²) in [4.78, 5) is 22.9. The molecule has 0 spiro atoms. The van der Waals surface area contributed by atoms with Crippen molar-refractivity contribution in [3.8, 4) is 0 Å². The quantitative estimate of drug-likeness (QED) is 0.507. The number of carbonyl (C=O) groups is 2. The smallest absolute Gasteiger partial charge is 0.335 e. The van der Waals surface area contributed by atoms with Crippen LogP contribution in [0.5, 0.6) is 0 Å². The fraction of sp³-hybridized carbons (Fsp3) is 0. The predicted octanol–water partition coefficient (Wildman–Crippen LogP) is 1.97. The van der Waals surface area contributed by atoms with Gasteiger partial charge >= 0.3 is 5.97 Å². The van der Waals surface area contributed by atoms with Crippen LogP contribution in [0.2, 0.25) is 0 Å². The normalized spacial score (nSPS) is 9.90. The van der Waals surface area contributed by atoms with Gasteiger partial charge in [0, 0.05) is 16.9 Å². The van der Waals surface area contributed by atoms with Gasteiger partial charge in [-0.05, 0) is 30.3 Å². The Hall–Kier alpha value is -3.15. The van der Waals surface area contributed by atoms with Crippen LogP contribution in [0.3, 0.4) is 0 Å². The summed E-state index contributed by atoms with van der Waals surface area (Å²) in [5.74, 6) is -1.80. The first-order chi connectivity index (χ1) is 9.99. The van der Waals surface area contributed by atoms with E-state index in [4.69, 9.17) is 16.2 Å². The highest BCUT2D eigenvalue weighted by Gasteiger charge is 2.17. The van der Waals surface area contributed by atoms with E-state index < -0.39 is 11.9 Å². The lowest BCUT2D eigenvalue weighted by molar-refractivity contribution is -0.110. The highest BCUT2D eigenvalue weighted by molar-refractivity contribution is 6.48. The van der Waals surface area contributed by atoms with Crippen LogP contribution in [-0.2, 0) is 4.79 Å². The number of para-hydroxylation sites is 1. The van der Waals surface area contributed by atoms with Gasteiger partial charge in [-0.2, -0.15) is 0 Å². The van der Waals surface area contributed by atoms with Crippen LogP contribution in [0.25, 0.3) is 0 Å². The number of benzene rings is 2. The molecule has 0 atom stereocenters. The highest BCUT2D eigenvalue weighted by Crippen LogP contribution is 2.16. The van der Waals surface area contributed by atoms with Gasteiger partial charge < -0.3 is 16.2 Å². The first kappa shape index (κ1) is 14.3. The van der Waals surface area contributed by atoms with Crippen molar-refractivity contribution < 1.29 is 14.7 Å². The van der Waals surface area contributed by atoms with Crippen molar-refractivity contribution in [3.05, 3.63) is 59.7 Å². The van der Waals surface area contributed by atoms with Crippen molar-refractivity contribution in [2.24, 2.45) is 0 Å². The number of rotatable bonds is 4. The van der Waals surface area contributed by atoms with E-state index in [2.05, 4.69) is 5.32 Å². The fourth-order valence-electron chi connectivity index (χ4n) is 1.74. The molecule has 21 heavy (non-hydrogen) atoms. The lowest BCUT2D eigenvalue weighted by atomic mass is 10.0. The molecule has 0 aliphatic carbocycles. The first-order valence-electron chi connectivity index (χ1n) is 6.07. The van der Waals surface area contributed by atoms with Crippen LogP contribution < -0.4 is 11.1 Å². The van der Waals surface area contributed by atoms with Gasteiger partial charge in [-0.25, -0.2) is 4.79 Å². The molecule has 0 radical (unpaired) electrons. The lowest BCUT2D eigenvalue weighted by Crippen LogP contribution is -2.24. The summed E-state index contributed by atoms with van der Waals surface area (Å²) in [7, 11) is 0. The Morgan fingerprint density at radius 1 is 1.10 bits per heavy atom. The molecule has 0 aromatic heterocycles. The average molecular weight is 283 g/mol. The highest BCUT2D eigenvalue weighted by atomic mass is 16.4. The summed E-state index contributed by atoms with van der Waals surface area (Å²) in [6.45, 7) is 0. The molecule has 0 unspecified atom stereocenters. The average Bonchev–Trinajstić information content (AvgIpc) is 2.47. The Labute approximate surface area is 120 Å². The second kappa shape index (κ2) is 5.87. The number of carboxylic acids is 1. The molecule has 0 bridgehead atoms. The number of nitrogens with two attached hydrogens (primary N) is 1. The van der Waals surface area contributed by atoms with Gasteiger partial charge in [-0.1, -0.05) is 18.2 Å². The molecule has 6 heteroatoms. The van der Waals surface area contributed by atoms with E-state index in [1.54, 1.807) is 30.3 Å². The topological polar surface area (TPSA) is 116 Å². The number of nitrogens with one attached hydrogen (secondary N) is 2. The van der Waals surface area contributed by atoms with E-state index in [0.717, 1.165) is 0 Å². The maximum absolute atomic E-state index is 12.0. The Kier molecular flexibility index (Phi) is 3.99. The number of hydrogen-bond acceptors (Lipinski definition) is 4. The van der Waals surface area contributed by atoms with E-state index in [1.807, 2.05) is 0 Å². The maximum Gasteiger partial charge on any atom is 0.335 e. The summed E-state index contributed by atoms with van der Waals surface area (Å²) < 4.78 is 0. The van der Waals surface area contributed by atoms with E-state index in [9.17, 15) is 9.59 Å². The molecule has 2 aromatic rings. The summed E-state index contributed by atoms with van der Waals surface area (Å²) in [6.07, 6.45) is 0. The largest absolute Gasteiger partial charge is 0.478 e. The molecular formula is C15H13N3O3. The number of carbonyl (C=O) groups excluding carboxylic acids is 1. The minimum absolute atomic E-state index is 0.0311. The SMILES string of the molecule is N=C(C(=O)Nc1ccccc1)c1cc(C(=O)O)ccc1N. The van der Waals surface area contributed by atoms with Crippen molar-refractivity contribution in [2.45, 2.75) is 0 Å². The molecule has 0 saturated carbocycles. The lowest BCUT2D eigenvalue weighted by Gasteiger charge is -2.09. The van der Waals surface area contributed by atoms with Crippen molar-refractivity contribution in [2.75, 3.05) is 11.1 Å². The Morgan fingerprint density at radius 3 is 2.38 bits per heavy atom. The van der Waals surface area contributed by atoms with Gasteiger partial charge in [0.2, 0.25) is 0 Å². The minimum atomic E-state index is -1.15. The zero-order chi connectivity index (χ0) is 15.4. The number of hydrogen-bond donors (Lipinski definition) is 4. The molecule has 5 N–H and O–H groups in total. The first-order valence-corrected chi connectivity index (χ1v) is 6.07. The van der Waals surface area contributed by atoms with Crippen LogP contribution >= 0.6 is 0 Å². The van der Waals surface area contributed by atoms with Crippen molar-refractivity contribution >= 4 is 29.0 Å². The van der Waals surface area contributed by atoms with Crippen molar-refractivity contribution in [1.82, 2.24) is 0 Å². The van der Waals surface area contributed by atoms with Crippen LogP contribution in [0.15, 0.2) is 48.5 Å². The fourth-order valence-corrected chi connectivity index (χ4v) is 1.74. The van der Waals surface area contributed by atoms with Crippen molar-refractivity contribution in [1.29, 1.82) is 5.41 Å². The van der Waals surface area contributed by atoms with Crippen LogP contribution in [0.4, 0.5) is 11.4 Å². The molecule has 0 fully saturated rings. The molecule has 6 nitrogen and oxygen atoms in total. The molecule has 0 aliphatic heterocycles. The molecule has 1 amide bonds. The van der Waals surface area contributed by atoms with E-state index in [-0.39, 0.29) is 22.5 Å². The van der Waals surface area contributed by atoms with Gasteiger partial charge in [-0.15, -0.1) is 0 Å². The van der Waals surface area contributed by atoms with E-state index in [0.29, 0.717) is 5.69 Å². The summed E-state index contributed by atoms with van der Waals surface area (Å²) in [6, 6.07) is 12.6. The maximum atomic E-state index is 12.0. The summed E-state index contributed by atoms with van der Waals surface area (Å²) in [5.41, 5.74) is 6.09. The molecule has 0 heterocycles. The van der Waals surface area contributed by atoms with Crippen LogP contribution in [0.1, 0.15) is 15.9 Å². The number of aromatic carboxylic acids is 1. The summed E-state index contributed by atoms with van der Waals surface area (Å²) in [5, 5.41) is 19.4. The van der Waals surface area contributed by atoms with Crippen molar-refractivity contribution in [3.63, 3.8) is 0 Å². The van der Waals surface area contributed by atoms with Crippen LogP contribution in [0, 0.1) is 5.41 Å². The number of nitrogen functional groups attached to an aromatic ring is 1. The Balaban J connectivity index is 2.25. The second-order valence-corrected chi connectivity index (χ2v) is 4.30. The standard InChI is InChI=1S/C15H13N3O3/c16-12-7-6-9(15(20)21)8-11(12)13(17)14(19)18-10-4-2-1-3-5-10/h1-8,17H,16H2,(H,18,19)(H,20,21). The van der Waals surface area contributed by atoms with E-state index >= 15 is 0 Å². The molecule has 2 aromatic carbocycles. The van der Waals surface area contributed by atoms with Gasteiger partial charge in [-0.3, -0.25) is 10.2 Å².